The van der Waals surface area contributed by atoms with Gasteiger partial charge in [-0.1, -0.05) is 12.8 Å². The Hall–Kier alpha value is -1.80. The normalized spacial score (nSPS) is 22.2. The molecule has 0 bridgehead atoms. The molecule has 2 atom stereocenters. The van der Waals surface area contributed by atoms with Crippen LogP contribution in [0.15, 0.2) is 9.59 Å². The van der Waals surface area contributed by atoms with Gasteiger partial charge in [0.15, 0.2) is 0 Å². The lowest BCUT2D eigenvalue weighted by Crippen LogP contribution is -2.41. The number of nitrogens with one attached hydrogen (secondary N) is 2. The molecule has 1 aliphatic carbocycles. The first-order valence-corrected chi connectivity index (χ1v) is 7.10. The van der Waals surface area contributed by atoms with Gasteiger partial charge in [0.1, 0.15) is 11.5 Å². The van der Waals surface area contributed by atoms with Crippen LogP contribution in [0.5, 0.6) is 0 Å². The lowest BCUT2D eigenvalue weighted by molar-refractivity contribution is 0.116. The monoisotopic (exact) mass is 298 g/mol. The highest BCUT2D eigenvalue weighted by molar-refractivity contribution is 5.61. The molecule has 1 aromatic heterocycles. The molecule has 0 saturated heterocycles. The molecule has 2 unspecified atom stereocenters. The van der Waals surface area contributed by atoms with Crippen molar-refractivity contribution in [3.05, 3.63) is 20.8 Å². The third-order valence-electron chi connectivity index (χ3n) is 3.82. The van der Waals surface area contributed by atoms with Gasteiger partial charge in [-0.3, -0.25) is 14.3 Å². The molecule has 1 aromatic rings. The van der Waals surface area contributed by atoms with Gasteiger partial charge in [-0.05, 0) is 12.8 Å². The molecule has 5 N–H and O–H groups in total. The van der Waals surface area contributed by atoms with E-state index in [9.17, 15) is 14.7 Å². The number of aliphatic hydroxyl groups excluding tert-OH is 1. The third kappa shape index (κ3) is 3.45. The van der Waals surface area contributed by atoms with Crippen LogP contribution in [-0.4, -0.2) is 40.5 Å². The van der Waals surface area contributed by atoms with Crippen LogP contribution < -0.4 is 22.3 Å². The van der Waals surface area contributed by atoms with Gasteiger partial charge in [-0.25, -0.2) is 4.79 Å². The smallest absolute Gasteiger partial charge is 0.330 e. The summed E-state index contributed by atoms with van der Waals surface area (Å²) in [6.45, 7) is 0.557. The van der Waals surface area contributed by atoms with Crippen molar-refractivity contribution in [2.24, 2.45) is 0 Å². The van der Waals surface area contributed by atoms with E-state index in [1.807, 2.05) is 0 Å². The number of H-pyrrole nitrogens is 1. The standard InChI is InChI=1S/C13H22N4O4/c1-21-7-6-17-11(14)10(12(19)16-13(17)20)15-8-4-2-3-5-9(8)18/h8-9,15,18H,2-7,14H2,1H3,(H,16,19,20). The molecule has 0 spiro atoms. The summed E-state index contributed by atoms with van der Waals surface area (Å²) >= 11 is 0. The first-order chi connectivity index (χ1) is 10.0. The molecule has 0 aliphatic heterocycles. The molecule has 1 saturated carbocycles. The van der Waals surface area contributed by atoms with Gasteiger partial charge < -0.3 is 20.9 Å². The molecule has 1 fully saturated rings. The van der Waals surface area contributed by atoms with E-state index in [0.717, 1.165) is 19.3 Å². The van der Waals surface area contributed by atoms with E-state index in [4.69, 9.17) is 10.5 Å². The van der Waals surface area contributed by atoms with Crippen LogP contribution in [0.2, 0.25) is 0 Å². The van der Waals surface area contributed by atoms with Crippen LogP contribution in [0.25, 0.3) is 0 Å². The highest BCUT2D eigenvalue weighted by atomic mass is 16.5. The molecule has 2 rings (SSSR count). The first-order valence-electron chi connectivity index (χ1n) is 7.10. The molecule has 0 radical (unpaired) electrons. The predicted octanol–water partition coefficient (Wildman–Crippen LogP) is -0.519. The Morgan fingerprint density at radius 3 is 2.81 bits per heavy atom. The zero-order chi connectivity index (χ0) is 15.4. The Morgan fingerprint density at radius 1 is 1.43 bits per heavy atom. The van der Waals surface area contributed by atoms with E-state index in [1.54, 1.807) is 0 Å². The van der Waals surface area contributed by atoms with E-state index in [2.05, 4.69) is 10.3 Å². The van der Waals surface area contributed by atoms with Crippen molar-refractivity contribution < 1.29 is 9.84 Å². The van der Waals surface area contributed by atoms with Crippen LogP contribution in [0.4, 0.5) is 11.5 Å². The number of nitrogen functional groups attached to an aromatic ring is 1. The number of methoxy groups -OCH3 is 1. The number of aromatic nitrogens is 2. The van der Waals surface area contributed by atoms with Crippen LogP contribution in [0.3, 0.4) is 0 Å². The van der Waals surface area contributed by atoms with Gasteiger partial charge in [0.05, 0.1) is 25.3 Å². The Labute approximate surface area is 121 Å². The highest BCUT2D eigenvalue weighted by Gasteiger charge is 2.25. The summed E-state index contributed by atoms with van der Waals surface area (Å²) in [5.41, 5.74) is 4.94. The first kappa shape index (κ1) is 15.6. The largest absolute Gasteiger partial charge is 0.391 e. The molecular weight excluding hydrogens is 276 g/mol. The minimum Gasteiger partial charge on any atom is -0.391 e. The van der Waals surface area contributed by atoms with E-state index < -0.39 is 17.4 Å². The van der Waals surface area contributed by atoms with Gasteiger partial charge in [0, 0.05) is 7.11 Å². The van der Waals surface area contributed by atoms with Crippen LogP contribution in [0, 0.1) is 0 Å². The third-order valence-corrected chi connectivity index (χ3v) is 3.82. The quantitative estimate of drug-likeness (QED) is 0.580. The summed E-state index contributed by atoms with van der Waals surface area (Å²) in [7, 11) is 1.52. The predicted molar refractivity (Wildman–Crippen MR) is 79.5 cm³/mol. The minimum absolute atomic E-state index is 0.0681. The Kier molecular flexibility index (Phi) is 5.03. The number of nitrogens with two attached hydrogens (primary N) is 1. The van der Waals surface area contributed by atoms with Gasteiger partial charge in [0.2, 0.25) is 0 Å². The maximum absolute atomic E-state index is 11.9. The average molecular weight is 298 g/mol. The van der Waals surface area contributed by atoms with Crippen molar-refractivity contribution in [2.45, 2.75) is 44.4 Å². The lowest BCUT2D eigenvalue weighted by Gasteiger charge is -2.29. The fourth-order valence-electron chi connectivity index (χ4n) is 2.60. The molecule has 8 nitrogen and oxygen atoms in total. The Morgan fingerprint density at radius 2 is 2.14 bits per heavy atom. The van der Waals surface area contributed by atoms with E-state index in [0.29, 0.717) is 13.0 Å². The zero-order valence-electron chi connectivity index (χ0n) is 12.1. The Balaban J connectivity index is 2.30. The molecule has 8 heteroatoms. The van der Waals surface area contributed by atoms with Gasteiger partial charge >= 0.3 is 5.69 Å². The molecular formula is C13H22N4O4. The second-order valence-electron chi connectivity index (χ2n) is 5.27. The molecule has 0 amide bonds. The fraction of sp³-hybridized carbons (Fsp3) is 0.692. The highest BCUT2D eigenvalue weighted by Crippen LogP contribution is 2.22. The second-order valence-corrected chi connectivity index (χ2v) is 5.27. The number of hydrogen-bond acceptors (Lipinski definition) is 6. The summed E-state index contributed by atoms with van der Waals surface area (Å²) in [6, 6.07) is -0.226. The van der Waals surface area contributed by atoms with Crippen molar-refractivity contribution in [3.8, 4) is 0 Å². The summed E-state index contributed by atoms with van der Waals surface area (Å²) in [4.78, 5) is 25.9. The number of aliphatic hydroxyl groups is 1. The number of aromatic amines is 1. The van der Waals surface area contributed by atoms with E-state index in [1.165, 1.54) is 11.7 Å². The van der Waals surface area contributed by atoms with Gasteiger partial charge in [-0.2, -0.15) is 0 Å². The van der Waals surface area contributed by atoms with Crippen molar-refractivity contribution in [1.29, 1.82) is 0 Å². The summed E-state index contributed by atoms with van der Waals surface area (Å²) < 4.78 is 6.18. The fourth-order valence-corrected chi connectivity index (χ4v) is 2.60. The lowest BCUT2D eigenvalue weighted by atomic mass is 9.92. The van der Waals surface area contributed by atoms with Crippen LogP contribution >= 0.6 is 0 Å². The van der Waals surface area contributed by atoms with Crippen molar-refractivity contribution in [2.75, 3.05) is 24.8 Å². The van der Waals surface area contributed by atoms with Gasteiger partial charge in [0.25, 0.3) is 5.56 Å². The summed E-state index contributed by atoms with van der Waals surface area (Å²) in [5, 5.41) is 13.0. The van der Waals surface area contributed by atoms with Crippen LogP contribution in [-0.2, 0) is 11.3 Å². The number of ether oxygens (including phenoxy) is 1. The molecule has 1 aliphatic rings. The zero-order valence-corrected chi connectivity index (χ0v) is 12.1. The number of hydrogen-bond donors (Lipinski definition) is 4. The van der Waals surface area contributed by atoms with Crippen molar-refractivity contribution in [3.63, 3.8) is 0 Å². The Bertz CT molecular complexity index is 595. The molecule has 118 valence electrons. The second kappa shape index (κ2) is 6.77. The summed E-state index contributed by atoms with van der Waals surface area (Å²) in [6.07, 6.45) is 2.89. The average Bonchev–Trinajstić information content (AvgIpc) is 2.45. The van der Waals surface area contributed by atoms with Crippen LogP contribution in [0.1, 0.15) is 25.7 Å². The van der Waals surface area contributed by atoms with Gasteiger partial charge in [-0.15, -0.1) is 0 Å². The SMILES string of the molecule is COCCn1c(N)c(NC2CCCCC2O)c(=O)[nH]c1=O. The topological polar surface area (TPSA) is 122 Å². The molecule has 21 heavy (non-hydrogen) atoms. The maximum Gasteiger partial charge on any atom is 0.330 e. The summed E-state index contributed by atoms with van der Waals surface area (Å²) in [5.74, 6) is 0.0681. The van der Waals surface area contributed by atoms with Crippen molar-refractivity contribution in [1.82, 2.24) is 9.55 Å². The molecule has 0 aromatic carbocycles. The number of anilines is 2. The number of rotatable bonds is 5. The van der Waals surface area contributed by atoms with E-state index >= 15 is 0 Å². The molecule has 1 heterocycles. The maximum atomic E-state index is 11.9. The van der Waals surface area contributed by atoms with Crippen molar-refractivity contribution >= 4 is 11.5 Å². The minimum atomic E-state index is -0.566. The number of nitrogens with zero attached hydrogens (tertiary/aromatic N) is 1. The van der Waals surface area contributed by atoms with E-state index in [-0.39, 0.29) is 24.1 Å².